The number of amides is 2. The molecule has 0 aliphatic carbocycles. The van der Waals surface area contributed by atoms with Gasteiger partial charge in [-0.25, -0.2) is 20.8 Å². The maximum absolute atomic E-state index is 13.5. The number of hydrogen-bond donors (Lipinski definition) is 6. The SMILES string of the molecule is CCc1nc(C)sc1C(=O)Nc1nc2cc(C=O)cc(SC)c2n1C/C=C/Cn1c(NC)nc2cc(C(=O)NN)cc(OCCCN3CCNCC3)c21.CCn1nc(C)cc1C=O.CN. The predicted octanol–water partition coefficient (Wildman–Crippen LogP) is 4.67. The molecule has 1 saturated heterocycles. The van der Waals surface area contributed by atoms with Gasteiger partial charge in [-0.15, -0.1) is 23.1 Å². The molecule has 5 heterocycles. The number of aryl methyl sites for hydroxylation is 4. The zero-order valence-electron chi connectivity index (χ0n) is 38.1. The van der Waals surface area contributed by atoms with E-state index in [1.807, 2.05) is 61.3 Å². The van der Waals surface area contributed by atoms with E-state index in [4.69, 9.17) is 20.5 Å². The maximum Gasteiger partial charge on any atom is 0.269 e. The number of rotatable bonds is 18. The highest BCUT2D eigenvalue weighted by molar-refractivity contribution is 7.98. The normalized spacial score (nSPS) is 12.7. The number of piperazine rings is 1. The number of nitrogens with two attached hydrogens (primary N) is 2. The van der Waals surface area contributed by atoms with E-state index in [-0.39, 0.29) is 5.91 Å². The lowest BCUT2D eigenvalue weighted by Crippen LogP contribution is -2.43. The number of anilines is 2. The fourth-order valence-corrected chi connectivity index (χ4v) is 8.96. The number of hydrazine groups is 1. The number of nitrogen functional groups attached to an aromatic ring is 1. The molecule has 0 saturated carbocycles. The summed E-state index contributed by atoms with van der Waals surface area (Å²) in [6, 6.07) is 8.74. The number of aromatic nitrogens is 7. The van der Waals surface area contributed by atoms with Crippen molar-refractivity contribution in [2.24, 2.45) is 11.6 Å². The largest absolute Gasteiger partial charge is 0.491 e. The van der Waals surface area contributed by atoms with Crippen molar-refractivity contribution in [3.8, 4) is 5.75 Å². The first-order chi connectivity index (χ1) is 31.5. The minimum Gasteiger partial charge on any atom is -0.491 e. The van der Waals surface area contributed by atoms with Crippen LogP contribution in [0.1, 0.15) is 77.5 Å². The summed E-state index contributed by atoms with van der Waals surface area (Å²) in [5.41, 5.74) is 12.6. The summed E-state index contributed by atoms with van der Waals surface area (Å²) in [5, 5.41) is 14.5. The number of ether oxygens (including phenoxy) is 1. The molecule has 0 spiro atoms. The molecule has 0 radical (unpaired) electrons. The highest BCUT2D eigenvalue weighted by Gasteiger charge is 2.22. The third kappa shape index (κ3) is 12.2. The average Bonchev–Trinajstić information content (AvgIpc) is 4.11. The number of aldehydes is 2. The molecule has 1 aliphatic heterocycles. The molecule has 2 amide bonds. The summed E-state index contributed by atoms with van der Waals surface area (Å²) in [4.78, 5) is 66.1. The number of imidazole rings is 2. The number of nitrogens with one attached hydrogen (secondary N) is 4. The van der Waals surface area contributed by atoms with Crippen molar-refractivity contribution in [2.75, 3.05) is 70.3 Å². The quantitative estimate of drug-likeness (QED) is 0.0130. The van der Waals surface area contributed by atoms with Crippen molar-refractivity contribution in [3.05, 3.63) is 80.6 Å². The van der Waals surface area contributed by atoms with E-state index >= 15 is 0 Å². The number of hydrogen-bond acceptors (Lipinski definition) is 16. The lowest BCUT2D eigenvalue weighted by molar-refractivity contribution is 0.0952. The van der Waals surface area contributed by atoms with Gasteiger partial charge in [-0.1, -0.05) is 19.1 Å². The van der Waals surface area contributed by atoms with E-state index in [2.05, 4.69) is 42.1 Å². The number of thioether (sulfide) groups is 1. The van der Waals surface area contributed by atoms with Gasteiger partial charge < -0.3 is 35.1 Å². The zero-order chi connectivity index (χ0) is 47.0. The van der Waals surface area contributed by atoms with Crippen molar-refractivity contribution >= 4 is 81.4 Å². The van der Waals surface area contributed by atoms with Crippen LogP contribution in [-0.2, 0) is 26.1 Å². The molecule has 1 aliphatic rings. The minimum atomic E-state index is -0.435. The van der Waals surface area contributed by atoms with Crippen LogP contribution in [0.2, 0.25) is 0 Å². The summed E-state index contributed by atoms with van der Waals surface area (Å²) in [7, 11) is 3.29. The standard InChI is InChI=1S/C36H45N11O4S2.C7H10N2O.CH5N/c1-5-25-32(53-22(2)40-25)34(50)43-36-42-26-17-23(21-48)18-29(52-4)31(26)47(36)13-7-6-12-46-30-27(41-35(46)38-3)19-24(33(49)44-37)20-28(30)51-16-8-11-45-14-9-39-10-15-45;1-3-9-7(5-10)4-6(2)8-9;1-2/h6-7,17-21,39H,5,8-16,37H2,1-4H3,(H,38,41)(H,44,49)(H,42,43,50);4-5H,3H2,1-2H3;2H2,1H3/b7-6+;;. The molecule has 0 bridgehead atoms. The number of thiazole rings is 1. The molecule has 19 nitrogen and oxygen atoms in total. The van der Waals surface area contributed by atoms with Gasteiger partial charge >= 0.3 is 0 Å². The van der Waals surface area contributed by atoms with E-state index in [0.29, 0.717) is 76.5 Å². The van der Waals surface area contributed by atoms with Crippen molar-refractivity contribution in [1.29, 1.82) is 0 Å². The molecule has 8 N–H and O–H groups in total. The van der Waals surface area contributed by atoms with E-state index in [9.17, 15) is 19.2 Å². The van der Waals surface area contributed by atoms with Crippen LogP contribution < -0.4 is 37.7 Å². The molecule has 348 valence electrons. The molecule has 7 rings (SSSR count). The lowest BCUT2D eigenvalue weighted by Gasteiger charge is -2.27. The summed E-state index contributed by atoms with van der Waals surface area (Å²) in [6.07, 6.45) is 9.03. The number of nitrogens with zero attached hydrogens (tertiary/aromatic N) is 8. The smallest absolute Gasteiger partial charge is 0.269 e. The Morgan fingerprint density at radius 2 is 1.62 bits per heavy atom. The summed E-state index contributed by atoms with van der Waals surface area (Å²) in [6.45, 7) is 14.6. The monoisotopic (exact) mass is 928 g/mol. The van der Waals surface area contributed by atoms with E-state index in [0.717, 1.165) is 90.6 Å². The second-order valence-corrected chi connectivity index (χ2v) is 16.6. The van der Waals surface area contributed by atoms with Crippen LogP contribution in [0.25, 0.3) is 22.1 Å². The van der Waals surface area contributed by atoms with E-state index in [1.54, 1.807) is 36.0 Å². The highest BCUT2D eigenvalue weighted by Crippen LogP contribution is 2.33. The minimum absolute atomic E-state index is 0.277. The second-order valence-electron chi connectivity index (χ2n) is 14.6. The van der Waals surface area contributed by atoms with Gasteiger partial charge in [-0.05, 0) is 77.2 Å². The highest BCUT2D eigenvalue weighted by atomic mass is 32.2. The molecule has 65 heavy (non-hydrogen) atoms. The Morgan fingerprint density at radius 3 is 2.23 bits per heavy atom. The molecule has 21 heteroatoms. The Hall–Kier alpha value is -5.97. The van der Waals surface area contributed by atoms with Gasteiger partial charge in [0.15, 0.2) is 6.29 Å². The fourth-order valence-electron chi connectivity index (χ4n) is 7.39. The first kappa shape index (κ1) is 50.0. The van der Waals surface area contributed by atoms with Crippen LogP contribution in [-0.4, -0.2) is 123 Å². The van der Waals surface area contributed by atoms with Crippen molar-refractivity contribution < 1.29 is 23.9 Å². The number of fused-ring (bicyclic) bond motifs is 2. The summed E-state index contributed by atoms with van der Waals surface area (Å²) >= 11 is 2.86. The Kier molecular flexibility index (Phi) is 18.7. The zero-order valence-corrected chi connectivity index (χ0v) is 39.7. The van der Waals surface area contributed by atoms with Crippen LogP contribution in [0, 0.1) is 13.8 Å². The number of carbonyl (C=O) groups is 4. The van der Waals surface area contributed by atoms with Crippen LogP contribution >= 0.6 is 23.1 Å². The Balaban J connectivity index is 0.000000579. The van der Waals surface area contributed by atoms with E-state index in [1.165, 1.54) is 30.1 Å². The predicted molar refractivity (Wildman–Crippen MR) is 259 cm³/mol. The van der Waals surface area contributed by atoms with Crippen LogP contribution in [0.4, 0.5) is 11.9 Å². The molecule has 6 aromatic rings. The Labute approximate surface area is 386 Å². The molecule has 4 aromatic heterocycles. The second kappa shape index (κ2) is 24.4. The van der Waals surface area contributed by atoms with Crippen molar-refractivity contribution in [2.45, 2.75) is 65.1 Å². The van der Waals surface area contributed by atoms with Gasteiger partial charge in [-0.2, -0.15) is 5.10 Å². The van der Waals surface area contributed by atoms with Gasteiger partial charge in [0.05, 0.1) is 39.6 Å². The average molecular weight is 929 g/mol. The molecule has 0 atom stereocenters. The Morgan fingerprint density at radius 1 is 0.923 bits per heavy atom. The van der Waals surface area contributed by atoms with Gasteiger partial charge in [0, 0.05) is 75.4 Å². The van der Waals surface area contributed by atoms with E-state index < -0.39 is 5.91 Å². The maximum atomic E-state index is 13.5. The van der Waals surface area contributed by atoms with Gasteiger partial charge in [0.1, 0.15) is 28.1 Å². The van der Waals surface area contributed by atoms with Crippen molar-refractivity contribution in [3.63, 3.8) is 0 Å². The summed E-state index contributed by atoms with van der Waals surface area (Å²) < 4.78 is 12.0. The first-order valence-corrected chi connectivity index (χ1v) is 23.4. The number of benzene rings is 2. The third-order valence-corrected chi connectivity index (χ3v) is 12.1. The molecular formula is C44H60N14O5S2. The van der Waals surface area contributed by atoms with Crippen LogP contribution in [0.5, 0.6) is 5.75 Å². The van der Waals surface area contributed by atoms with Crippen LogP contribution in [0.3, 0.4) is 0 Å². The third-order valence-electron chi connectivity index (χ3n) is 10.4. The van der Waals surface area contributed by atoms with Gasteiger partial charge in [0.25, 0.3) is 11.8 Å². The molecule has 2 aromatic carbocycles. The number of carbonyl (C=O) groups excluding carboxylic acids is 4. The van der Waals surface area contributed by atoms with Crippen LogP contribution in [0.15, 0.2) is 47.4 Å². The fraction of sp³-hybridized carbons (Fsp3) is 0.409. The Bertz CT molecular complexity index is 2610. The van der Waals surface area contributed by atoms with Gasteiger partial charge in [0.2, 0.25) is 11.9 Å². The molecular weight excluding hydrogens is 869 g/mol. The number of allylic oxidation sites excluding steroid dienone is 2. The first-order valence-electron chi connectivity index (χ1n) is 21.4. The molecule has 0 unspecified atom stereocenters. The summed E-state index contributed by atoms with van der Waals surface area (Å²) in [5.74, 6) is 6.28. The van der Waals surface area contributed by atoms with Gasteiger partial charge in [-0.3, -0.25) is 34.6 Å². The van der Waals surface area contributed by atoms with Crippen molar-refractivity contribution in [1.82, 2.24) is 49.5 Å². The topological polar surface area (TPSA) is 247 Å². The molecule has 1 fully saturated rings. The lowest BCUT2D eigenvalue weighted by atomic mass is 10.1.